The molecule has 0 aromatic rings. The van der Waals surface area contributed by atoms with E-state index in [1.165, 1.54) is 0 Å². The highest BCUT2D eigenvalue weighted by Gasteiger charge is 2.26. The van der Waals surface area contributed by atoms with Crippen LogP contribution in [0, 0.1) is 0 Å². The number of allylic oxidation sites excluding steroid dienone is 1. The fourth-order valence-electron chi connectivity index (χ4n) is 2.10. The van der Waals surface area contributed by atoms with Gasteiger partial charge in [-0.3, -0.25) is 9.59 Å². The second-order valence-electron chi connectivity index (χ2n) is 4.59. The molecule has 2 amide bonds. The maximum atomic E-state index is 11.9. The lowest BCUT2D eigenvalue weighted by atomic mass is 10.2. The number of rotatable bonds is 4. The summed E-state index contributed by atoms with van der Waals surface area (Å²) < 4.78 is 0. The highest BCUT2D eigenvalue weighted by Crippen LogP contribution is 2.23. The summed E-state index contributed by atoms with van der Waals surface area (Å²) in [7, 11) is 0. The monoisotopic (exact) mass is 224 g/mol. The summed E-state index contributed by atoms with van der Waals surface area (Å²) >= 11 is 0. The molecule has 0 heterocycles. The van der Waals surface area contributed by atoms with E-state index in [-0.39, 0.29) is 18.5 Å². The van der Waals surface area contributed by atoms with Crippen LogP contribution in [0.3, 0.4) is 0 Å². The largest absolute Gasteiger partial charge is 0.368 e. The van der Waals surface area contributed by atoms with E-state index in [4.69, 9.17) is 5.73 Å². The minimum Gasteiger partial charge on any atom is -0.368 e. The number of primary amides is 1. The molecule has 0 atom stereocenters. The first-order valence-corrected chi connectivity index (χ1v) is 5.74. The SMILES string of the molecule is CC(C)=CC(=O)N(CC(N)=O)C1CCCC1. The molecule has 0 bridgehead atoms. The highest BCUT2D eigenvalue weighted by molar-refractivity contribution is 5.91. The standard InChI is InChI=1S/C12H20N2O2/c1-9(2)7-12(16)14(8-11(13)15)10-5-3-4-6-10/h7,10H,3-6,8H2,1-2H3,(H2,13,15). The van der Waals surface area contributed by atoms with Crippen molar-refractivity contribution in [2.24, 2.45) is 5.73 Å². The van der Waals surface area contributed by atoms with Crippen LogP contribution < -0.4 is 5.73 Å². The summed E-state index contributed by atoms with van der Waals surface area (Å²) in [5.74, 6) is -0.534. The van der Waals surface area contributed by atoms with Gasteiger partial charge >= 0.3 is 0 Å². The Morgan fingerprint density at radius 1 is 1.31 bits per heavy atom. The normalized spacial score (nSPS) is 15.9. The summed E-state index contributed by atoms with van der Waals surface area (Å²) in [4.78, 5) is 24.5. The molecule has 0 aromatic carbocycles. The van der Waals surface area contributed by atoms with Crippen LogP contribution in [-0.2, 0) is 9.59 Å². The Kier molecular flexibility index (Phi) is 4.52. The topological polar surface area (TPSA) is 63.4 Å². The average Bonchev–Trinajstić information content (AvgIpc) is 2.64. The van der Waals surface area contributed by atoms with Crippen LogP contribution in [0.2, 0.25) is 0 Å². The Morgan fingerprint density at radius 3 is 2.31 bits per heavy atom. The minimum atomic E-state index is -0.442. The molecule has 0 aliphatic heterocycles. The molecule has 1 aliphatic rings. The predicted octanol–water partition coefficient (Wildman–Crippen LogP) is 1.21. The third kappa shape index (κ3) is 3.68. The number of carbonyl (C=O) groups is 2. The third-order valence-corrected chi connectivity index (χ3v) is 2.79. The van der Waals surface area contributed by atoms with Gasteiger partial charge in [-0.25, -0.2) is 0 Å². The summed E-state index contributed by atoms with van der Waals surface area (Å²) in [5, 5.41) is 0. The molecule has 1 saturated carbocycles. The average molecular weight is 224 g/mol. The van der Waals surface area contributed by atoms with Crippen LogP contribution in [0.15, 0.2) is 11.6 Å². The van der Waals surface area contributed by atoms with E-state index in [0.29, 0.717) is 0 Å². The van der Waals surface area contributed by atoms with E-state index in [1.54, 1.807) is 11.0 Å². The molecule has 1 aliphatic carbocycles. The van der Waals surface area contributed by atoms with Gasteiger partial charge in [0.15, 0.2) is 0 Å². The lowest BCUT2D eigenvalue weighted by molar-refractivity contribution is -0.133. The lowest BCUT2D eigenvalue weighted by Gasteiger charge is -2.26. The molecule has 1 rings (SSSR count). The summed E-state index contributed by atoms with van der Waals surface area (Å²) in [6, 6.07) is 0.190. The highest BCUT2D eigenvalue weighted by atomic mass is 16.2. The molecule has 1 fully saturated rings. The quantitative estimate of drug-likeness (QED) is 0.729. The van der Waals surface area contributed by atoms with Gasteiger partial charge in [-0.1, -0.05) is 18.4 Å². The summed E-state index contributed by atoms with van der Waals surface area (Å²) in [6.07, 6.45) is 5.79. The van der Waals surface area contributed by atoms with Crippen molar-refractivity contribution in [3.63, 3.8) is 0 Å². The van der Waals surface area contributed by atoms with Gasteiger partial charge in [-0.2, -0.15) is 0 Å². The van der Waals surface area contributed by atoms with Crippen LogP contribution in [0.5, 0.6) is 0 Å². The fourth-order valence-corrected chi connectivity index (χ4v) is 2.10. The van der Waals surface area contributed by atoms with Crippen LogP contribution >= 0.6 is 0 Å². The van der Waals surface area contributed by atoms with Crippen molar-refractivity contribution in [1.29, 1.82) is 0 Å². The molecule has 0 aromatic heterocycles. The third-order valence-electron chi connectivity index (χ3n) is 2.79. The second kappa shape index (κ2) is 5.68. The smallest absolute Gasteiger partial charge is 0.247 e. The van der Waals surface area contributed by atoms with Gasteiger partial charge in [0.05, 0.1) is 6.54 Å². The number of carbonyl (C=O) groups excluding carboxylic acids is 2. The number of nitrogens with zero attached hydrogens (tertiary/aromatic N) is 1. The molecule has 4 nitrogen and oxygen atoms in total. The molecule has 4 heteroatoms. The molecular weight excluding hydrogens is 204 g/mol. The molecule has 0 saturated heterocycles. The maximum absolute atomic E-state index is 11.9. The predicted molar refractivity (Wildman–Crippen MR) is 62.6 cm³/mol. The zero-order valence-electron chi connectivity index (χ0n) is 10.0. The summed E-state index contributed by atoms with van der Waals surface area (Å²) in [6.45, 7) is 3.78. The number of amides is 2. The number of nitrogens with two attached hydrogens (primary N) is 1. The molecule has 90 valence electrons. The van der Waals surface area contributed by atoms with E-state index >= 15 is 0 Å². The second-order valence-corrected chi connectivity index (χ2v) is 4.59. The van der Waals surface area contributed by atoms with Gasteiger partial charge in [-0.05, 0) is 26.7 Å². The number of hydrogen-bond acceptors (Lipinski definition) is 2. The molecular formula is C12H20N2O2. The molecule has 16 heavy (non-hydrogen) atoms. The lowest BCUT2D eigenvalue weighted by Crippen LogP contribution is -2.43. The van der Waals surface area contributed by atoms with E-state index < -0.39 is 5.91 Å². The Balaban J connectivity index is 2.73. The van der Waals surface area contributed by atoms with Crippen LogP contribution in [0.1, 0.15) is 39.5 Å². The molecule has 2 N–H and O–H groups in total. The minimum absolute atomic E-state index is 0.0350. The van der Waals surface area contributed by atoms with Crippen molar-refractivity contribution in [1.82, 2.24) is 4.90 Å². The van der Waals surface area contributed by atoms with Crippen LogP contribution in [0.4, 0.5) is 0 Å². The van der Waals surface area contributed by atoms with E-state index in [0.717, 1.165) is 31.3 Å². The van der Waals surface area contributed by atoms with Crippen molar-refractivity contribution in [2.45, 2.75) is 45.6 Å². The Bertz CT molecular complexity index is 300. The molecule has 0 radical (unpaired) electrons. The van der Waals surface area contributed by atoms with Crippen LogP contribution in [0.25, 0.3) is 0 Å². The maximum Gasteiger partial charge on any atom is 0.247 e. The zero-order valence-corrected chi connectivity index (χ0v) is 10.0. The van der Waals surface area contributed by atoms with Gasteiger partial charge in [0.1, 0.15) is 0 Å². The zero-order chi connectivity index (χ0) is 12.1. The van der Waals surface area contributed by atoms with E-state index in [1.807, 2.05) is 13.8 Å². The van der Waals surface area contributed by atoms with Gasteiger partial charge < -0.3 is 10.6 Å². The van der Waals surface area contributed by atoms with Crippen molar-refractivity contribution >= 4 is 11.8 Å². The van der Waals surface area contributed by atoms with Crippen molar-refractivity contribution in [3.8, 4) is 0 Å². The fraction of sp³-hybridized carbons (Fsp3) is 0.667. The first kappa shape index (κ1) is 12.7. The van der Waals surface area contributed by atoms with Gasteiger partial charge in [0.2, 0.25) is 11.8 Å². The Morgan fingerprint density at radius 2 is 1.88 bits per heavy atom. The first-order chi connectivity index (χ1) is 7.50. The van der Waals surface area contributed by atoms with Gasteiger partial charge in [0, 0.05) is 12.1 Å². The Labute approximate surface area is 96.5 Å². The van der Waals surface area contributed by atoms with Crippen molar-refractivity contribution < 1.29 is 9.59 Å². The van der Waals surface area contributed by atoms with Gasteiger partial charge in [-0.15, -0.1) is 0 Å². The van der Waals surface area contributed by atoms with Gasteiger partial charge in [0.25, 0.3) is 0 Å². The summed E-state index contributed by atoms with van der Waals surface area (Å²) in [5.41, 5.74) is 6.12. The number of hydrogen-bond donors (Lipinski definition) is 1. The van der Waals surface area contributed by atoms with E-state index in [2.05, 4.69) is 0 Å². The molecule has 0 spiro atoms. The molecule has 0 unspecified atom stereocenters. The Hall–Kier alpha value is -1.32. The first-order valence-electron chi connectivity index (χ1n) is 5.74. The van der Waals surface area contributed by atoms with Crippen molar-refractivity contribution in [2.75, 3.05) is 6.54 Å². The van der Waals surface area contributed by atoms with Crippen LogP contribution in [-0.4, -0.2) is 29.3 Å². The van der Waals surface area contributed by atoms with Crippen molar-refractivity contribution in [3.05, 3.63) is 11.6 Å². The van der Waals surface area contributed by atoms with E-state index in [9.17, 15) is 9.59 Å².